The molecule has 148 valence electrons. The van der Waals surface area contributed by atoms with Crippen LogP contribution < -0.4 is 16.5 Å². The molecule has 0 aliphatic heterocycles. The largest absolute Gasteiger partial charge is 0.449 e. The Morgan fingerprint density at radius 3 is 2.45 bits per heavy atom. The standard InChI is InChI=1S/C20H15ClN2O6/c1-10(19(26)23-13-5-2-11(3-6-13)18(22)25)28-20(27)17-9-15(24)14-8-12(21)4-7-16(14)29-17/h2-10H,1H3,(H2,22,25)(H,23,26)/t10-/m0/s1. The molecular formula is C20H15ClN2O6. The van der Waals surface area contributed by atoms with Gasteiger partial charge in [0.25, 0.3) is 5.91 Å². The Bertz CT molecular complexity index is 1170. The third kappa shape index (κ3) is 4.61. The first-order valence-electron chi connectivity index (χ1n) is 8.40. The van der Waals surface area contributed by atoms with Crippen molar-refractivity contribution in [3.05, 3.63) is 75.1 Å². The summed E-state index contributed by atoms with van der Waals surface area (Å²) < 4.78 is 10.5. The molecule has 0 saturated heterocycles. The number of hydrogen-bond donors (Lipinski definition) is 2. The number of hydrogen-bond acceptors (Lipinski definition) is 6. The number of anilines is 1. The van der Waals surface area contributed by atoms with Crippen molar-refractivity contribution in [1.29, 1.82) is 0 Å². The van der Waals surface area contributed by atoms with Crippen molar-refractivity contribution >= 4 is 46.0 Å². The molecule has 1 atom stereocenters. The highest BCUT2D eigenvalue weighted by molar-refractivity contribution is 6.31. The average molecular weight is 415 g/mol. The van der Waals surface area contributed by atoms with E-state index in [1.165, 1.54) is 49.4 Å². The number of halogens is 1. The van der Waals surface area contributed by atoms with Crippen LogP contribution in [0.1, 0.15) is 27.8 Å². The minimum Gasteiger partial charge on any atom is -0.449 e. The zero-order valence-corrected chi connectivity index (χ0v) is 15.9. The number of benzene rings is 2. The lowest BCUT2D eigenvalue weighted by atomic mass is 10.2. The molecule has 3 rings (SSSR count). The molecule has 1 aromatic heterocycles. The second kappa shape index (κ2) is 8.15. The monoisotopic (exact) mass is 414 g/mol. The summed E-state index contributed by atoms with van der Waals surface area (Å²) in [5.74, 6) is -2.51. The van der Waals surface area contributed by atoms with E-state index >= 15 is 0 Å². The smallest absolute Gasteiger partial charge is 0.375 e. The van der Waals surface area contributed by atoms with E-state index in [9.17, 15) is 19.2 Å². The van der Waals surface area contributed by atoms with Crippen LogP contribution >= 0.6 is 11.6 Å². The van der Waals surface area contributed by atoms with Gasteiger partial charge in [-0.25, -0.2) is 4.79 Å². The molecule has 29 heavy (non-hydrogen) atoms. The van der Waals surface area contributed by atoms with E-state index < -0.39 is 29.3 Å². The fourth-order valence-electron chi connectivity index (χ4n) is 2.46. The first kappa shape index (κ1) is 20.1. The molecule has 8 nitrogen and oxygen atoms in total. The van der Waals surface area contributed by atoms with Gasteiger partial charge in [0.2, 0.25) is 11.7 Å². The molecule has 0 fully saturated rings. The van der Waals surface area contributed by atoms with Gasteiger partial charge in [-0.3, -0.25) is 14.4 Å². The summed E-state index contributed by atoms with van der Waals surface area (Å²) in [5, 5.41) is 3.11. The summed E-state index contributed by atoms with van der Waals surface area (Å²) in [6, 6.07) is 11.3. The fraction of sp³-hybridized carbons (Fsp3) is 0.100. The zero-order valence-electron chi connectivity index (χ0n) is 15.1. The maximum absolute atomic E-state index is 12.3. The van der Waals surface area contributed by atoms with E-state index in [2.05, 4.69) is 5.32 Å². The Morgan fingerprint density at radius 2 is 1.79 bits per heavy atom. The molecule has 2 aromatic carbocycles. The second-order valence-electron chi connectivity index (χ2n) is 6.09. The summed E-state index contributed by atoms with van der Waals surface area (Å²) in [7, 11) is 0. The fourth-order valence-corrected chi connectivity index (χ4v) is 2.64. The van der Waals surface area contributed by atoms with Crippen LogP contribution in [0.15, 0.2) is 57.7 Å². The van der Waals surface area contributed by atoms with Gasteiger partial charge in [0.1, 0.15) is 5.58 Å². The lowest BCUT2D eigenvalue weighted by molar-refractivity contribution is -0.123. The van der Waals surface area contributed by atoms with Crippen LogP contribution in [0, 0.1) is 0 Å². The number of fused-ring (bicyclic) bond motifs is 1. The van der Waals surface area contributed by atoms with Crippen LogP contribution in [0.3, 0.4) is 0 Å². The summed E-state index contributed by atoms with van der Waals surface area (Å²) in [5.41, 5.74) is 5.53. The third-order valence-electron chi connectivity index (χ3n) is 3.98. The van der Waals surface area contributed by atoms with E-state index in [1.807, 2.05) is 0 Å². The van der Waals surface area contributed by atoms with Gasteiger partial charge in [-0.2, -0.15) is 0 Å². The Kier molecular flexibility index (Phi) is 5.65. The summed E-state index contributed by atoms with van der Waals surface area (Å²) in [6.45, 7) is 1.37. The van der Waals surface area contributed by atoms with Crippen LogP contribution in [-0.4, -0.2) is 23.9 Å². The molecule has 3 N–H and O–H groups in total. The molecule has 0 aliphatic carbocycles. The summed E-state index contributed by atoms with van der Waals surface area (Å²) in [4.78, 5) is 47.7. The lowest BCUT2D eigenvalue weighted by Gasteiger charge is -2.13. The molecule has 2 amide bonds. The van der Waals surface area contributed by atoms with Crippen molar-refractivity contribution in [1.82, 2.24) is 0 Å². The predicted molar refractivity (Wildman–Crippen MR) is 106 cm³/mol. The average Bonchev–Trinajstić information content (AvgIpc) is 2.68. The quantitative estimate of drug-likeness (QED) is 0.617. The molecule has 0 aliphatic rings. The van der Waals surface area contributed by atoms with Crippen LogP contribution in [0.25, 0.3) is 11.0 Å². The van der Waals surface area contributed by atoms with Crippen LogP contribution in [-0.2, 0) is 9.53 Å². The lowest BCUT2D eigenvalue weighted by Crippen LogP contribution is -2.30. The van der Waals surface area contributed by atoms with Gasteiger partial charge >= 0.3 is 5.97 Å². The molecule has 0 bridgehead atoms. The van der Waals surface area contributed by atoms with Crippen molar-refractivity contribution in [3.63, 3.8) is 0 Å². The topological polar surface area (TPSA) is 129 Å². The molecule has 3 aromatic rings. The second-order valence-corrected chi connectivity index (χ2v) is 6.53. The molecule has 0 saturated carbocycles. The molecule has 9 heteroatoms. The zero-order chi connectivity index (χ0) is 21.1. The number of esters is 1. The van der Waals surface area contributed by atoms with Gasteiger partial charge in [-0.1, -0.05) is 11.6 Å². The Labute approximate surface area is 169 Å². The summed E-state index contributed by atoms with van der Waals surface area (Å²) in [6.07, 6.45) is -1.18. The van der Waals surface area contributed by atoms with Crippen LogP contribution in [0.5, 0.6) is 0 Å². The third-order valence-corrected chi connectivity index (χ3v) is 4.22. The molecule has 1 heterocycles. The molecule has 0 unspecified atom stereocenters. The predicted octanol–water partition coefficient (Wildman–Crippen LogP) is 2.73. The van der Waals surface area contributed by atoms with Crippen molar-refractivity contribution in [3.8, 4) is 0 Å². The van der Waals surface area contributed by atoms with E-state index in [0.717, 1.165) is 6.07 Å². The highest BCUT2D eigenvalue weighted by Gasteiger charge is 2.22. The number of nitrogens with one attached hydrogen (secondary N) is 1. The van der Waals surface area contributed by atoms with Crippen molar-refractivity contribution < 1.29 is 23.5 Å². The van der Waals surface area contributed by atoms with Gasteiger partial charge in [-0.15, -0.1) is 0 Å². The maximum Gasteiger partial charge on any atom is 0.375 e. The highest BCUT2D eigenvalue weighted by atomic mass is 35.5. The van der Waals surface area contributed by atoms with Gasteiger partial charge < -0.3 is 20.2 Å². The van der Waals surface area contributed by atoms with Gasteiger partial charge in [0, 0.05) is 22.3 Å². The number of rotatable bonds is 5. The number of primary amides is 1. The summed E-state index contributed by atoms with van der Waals surface area (Å²) >= 11 is 5.85. The minimum atomic E-state index is -1.18. The SMILES string of the molecule is C[C@H](OC(=O)c1cc(=O)c2cc(Cl)ccc2o1)C(=O)Nc1ccc(C(N)=O)cc1. The van der Waals surface area contributed by atoms with Crippen molar-refractivity contribution in [2.45, 2.75) is 13.0 Å². The van der Waals surface area contributed by atoms with Crippen molar-refractivity contribution in [2.24, 2.45) is 5.73 Å². The minimum absolute atomic E-state index is 0.167. The van der Waals surface area contributed by atoms with Crippen LogP contribution in [0.2, 0.25) is 5.02 Å². The number of carbonyl (C=O) groups excluding carboxylic acids is 3. The molecular weight excluding hydrogens is 400 g/mol. The van der Waals surface area contributed by atoms with E-state index in [0.29, 0.717) is 10.7 Å². The molecule has 0 spiro atoms. The number of ether oxygens (including phenoxy) is 1. The molecule has 0 radical (unpaired) electrons. The van der Waals surface area contributed by atoms with Gasteiger partial charge in [0.05, 0.1) is 5.39 Å². The highest BCUT2D eigenvalue weighted by Crippen LogP contribution is 2.18. The van der Waals surface area contributed by atoms with E-state index in [4.69, 9.17) is 26.5 Å². The Balaban J connectivity index is 1.70. The number of amides is 2. The first-order valence-corrected chi connectivity index (χ1v) is 8.77. The number of carbonyl (C=O) groups is 3. The Morgan fingerprint density at radius 1 is 1.10 bits per heavy atom. The van der Waals surface area contributed by atoms with E-state index in [1.54, 1.807) is 0 Å². The van der Waals surface area contributed by atoms with Gasteiger partial charge in [0.15, 0.2) is 11.5 Å². The van der Waals surface area contributed by atoms with Crippen LogP contribution in [0.4, 0.5) is 5.69 Å². The van der Waals surface area contributed by atoms with Gasteiger partial charge in [-0.05, 0) is 49.4 Å². The maximum atomic E-state index is 12.3. The van der Waals surface area contributed by atoms with E-state index in [-0.39, 0.29) is 22.3 Å². The Hall–Kier alpha value is -3.65. The normalized spacial score (nSPS) is 11.7. The van der Waals surface area contributed by atoms with Crippen molar-refractivity contribution in [2.75, 3.05) is 5.32 Å². The first-order chi connectivity index (χ1) is 13.7. The number of nitrogens with two attached hydrogens (primary N) is 1.